The summed E-state index contributed by atoms with van der Waals surface area (Å²) in [6.07, 6.45) is 0.679. The minimum absolute atomic E-state index is 0.0109. The second-order valence-electron chi connectivity index (χ2n) is 6.28. The number of hydrogen-bond donors (Lipinski definition) is 1. The number of esters is 1. The molecule has 1 N–H and O–H groups in total. The molecule has 0 spiro atoms. The number of hydrogen-bond acceptors (Lipinski definition) is 4. The Morgan fingerprint density at radius 1 is 0.963 bits per heavy atom. The monoisotopic (exact) mass is 368 g/mol. The molecule has 0 fully saturated rings. The van der Waals surface area contributed by atoms with E-state index in [1.54, 1.807) is 38.4 Å². The van der Waals surface area contributed by atoms with Gasteiger partial charge in [0.05, 0.1) is 13.0 Å². The fraction of sp³-hybridized carbons (Fsp3) is 0.286. The highest BCUT2D eigenvalue weighted by atomic mass is 16.5. The van der Waals surface area contributed by atoms with Crippen LogP contribution < -0.4 is 5.32 Å². The van der Waals surface area contributed by atoms with E-state index in [1.807, 2.05) is 30.3 Å². The molecular weight excluding hydrogens is 344 g/mol. The fourth-order valence-electron chi connectivity index (χ4n) is 2.43. The first-order valence-electron chi connectivity index (χ1n) is 8.77. The molecule has 2 aromatic carbocycles. The van der Waals surface area contributed by atoms with Gasteiger partial charge in [-0.05, 0) is 23.8 Å². The third-order valence-electron chi connectivity index (χ3n) is 3.85. The maximum Gasteiger partial charge on any atom is 0.306 e. The molecule has 0 atom stereocenters. The third-order valence-corrected chi connectivity index (χ3v) is 3.85. The number of ether oxygens (including phenoxy) is 1. The van der Waals surface area contributed by atoms with E-state index in [0.717, 1.165) is 5.56 Å². The van der Waals surface area contributed by atoms with Crippen LogP contribution in [0.25, 0.3) is 0 Å². The third kappa shape index (κ3) is 6.93. The van der Waals surface area contributed by atoms with Gasteiger partial charge in [0.1, 0.15) is 0 Å². The van der Waals surface area contributed by atoms with Crippen LogP contribution in [-0.4, -0.2) is 43.4 Å². The number of rotatable bonds is 8. The molecule has 2 aromatic rings. The predicted octanol–water partition coefficient (Wildman–Crippen LogP) is 2.89. The minimum Gasteiger partial charge on any atom is -0.465 e. The maximum absolute atomic E-state index is 12.0. The van der Waals surface area contributed by atoms with Crippen molar-refractivity contribution in [1.82, 2.24) is 4.90 Å². The fourth-order valence-corrected chi connectivity index (χ4v) is 2.43. The zero-order valence-corrected chi connectivity index (χ0v) is 15.6. The topological polar surface area (TPSA) is 75.7 Å². The lowest BCUT2D eigenvalue weighted by Crippen LogP contribution is -2.22. The Bertz CT molecular complexity index is 788. The van der Waals surface area contributed by atoms with E-state index in [2.05, 4.69) is 5.32 Å². The molecule has 0 unspecified atom stereocenters. The smallest absolute Gasteiger partial charge is 0.306 e. The second kappa shape index (κ2) is 10.1. The van der Waals surface area contributed by atoms with Gasteiger partial charge in [-0.2, -0.15) is 0 Å². The van der Waals surface area contributed by atoms with Crippen molar-refractivity contribution in [2.24, 2.45) is 0 Å². The normalized spacial score (nSPS) is 10.1. The Balaban J connectivity index is 1.73. The summed E-state index contributed by atoms with van der Waals surface area (Å²) in [6, 6.07) is 16.4. The van der Waals surface area contributed by atoms with E-state index in [4.69, 9.17) is 4.74 Å². The molecule has 2 amide bonds. The molecule has 0 radical (unpaired) electrons. The van der Waals surface area contributed by atoms with Crippen molar-refractivity contribution in [3.8, 4) is 0 Å². The van der Waals surface area contributed by atoms with Gasteiger partial charge in [-0.25, -0.2) is 0 Å². The van der Waals surface area contributed by atoms with Crippen molar-refractivity contribution >= 4 is 23.5 Å². The highest BCUT2D eigenvalue weighted by molar-refractivity contribution is 5.97. The summed E-state index contributed by atoms with van der Waals surface area (Å²) in [7, 11) is 3.33. The quantitative estimate of drug-likeness (QED) is 0.727. The first-order chi connectivity index (χ1) is 13.0. The number of nitrogens with one attached hydrogen (secondary N) is 1. The molecule has 0 saturated carbocycles. The Kier molecular flexibility index (Phi) is 7.55. The van der Waals surface area contributed by atoms with Crippen LogP contribution in [0.4, 0.5) is 5.69 Å². The van der Waals surface area contributed by atoms with E-state index in [-0.39, 0.29) is 24.7 Å². The summed E-state index contributed by atoms with van der Waals surface area (Å²) in [5.41, 5.74) is 2.10. The van der Waals surface area contributed by atoms with E-state index < -0.39 is 5.97 Å². The van der Waals surface area contributed by atoms with Crippen LogP contribution in [0, 0.1) is 0 Å². The highest BCUT2D eigenvalue weighted by Gasteiger charge is 2.11. The molecule has 0 aliphatic rings. The van der Waals surface area contributed by atoms with Crippen LogP contribution in [0.15, 0.2) is 54.6 Å². The molecule has 0 bridgehead atoms. The summed E-state index contributed by atoms with van der Waals surface area (Å²) in [4.78, 5) is 37.2. The first-order valence-corrected chi connectivity index (χ1v) is 8.77. The summed E-state index contributed by atoms with van der Waals surface area (Å²) in [5.74, 6) is -0.852. The zero-order valence-electron chi connectivity index (χ0n) is 15.6. The molecule has 0 saturated heterocycles. The summed E-state index contributed by atoms with van der Waals surface area (Å²) >= 11 is 0. The van der Waals surface area contributed by atoms with E-state index in [0.29, 0.717) is 24.3 Å². The molecular formula is C21H24N2O4. The summed E-state index contributed by atoms with van der Waals surface area (Å²) < 4.78 is 5.15. The number of carbonyl (C=O) groups excluding carboxylic acids is 3. The molecule has 6 nitrogen and oxygen atoms in total. The molecule has 6 heteroatoms. The Morgan fingerprint density at radius 3 is 2.41 bits per heavy atom. The van der Waals surface area contributed by atoms with Crippen molar-refractivity contribution in [3.63, 3.8) is 0 Å². The van der Waals surface area contributed by atoms with Crippen LogP contribution in [-0.2, 0) is 20.7 Å². The van der Waals surface area contributed by atoms with Crippen LogP contribution in [0.2, 0.25) is 0 Å². The van der Waals surface area contributed by atoms with E-state index in [9.17, 15) is 14.4 Å². The van der Waals surface area contributed by atoms with E-state index in [1.165, 1.54) is 4.90 Å². The first kappa shape index (κ1) is 20.2. The van der Waals surface area contributed by atoms with Gasteiger partial charge in [0.2, 0.25) is 5.91 Å². The second-order valence-corrected chi connectivity index (χ2v) is 6.28. The molecule has 0 heterocycles. The van der Waals surface area contributed by atoms with Gasteiger partial charge in [-0.15, -0.1) is 0 Å². The van der Waals surface area contributed by atoms with Gasteiger partial charge in [-0.1, -0.05) is 36.4 Å². The van der Waals surface area contributed by atoms with Crippen LogP contribution in [0.1, 0.15) is 28.8 Å². The average molecular weight is 368 g/mol. The molecule has 0 aliphatic carbocycles. The van der Waals surface area contributed by atoms with Gasteiger partial charge in [-0.3, -0.25) is 14.4 Å². The number of amides is 2. The molecule has 2 rings (SSSR count). The molecule has 142 valence electrons. The highest BCUT2D eigenvalue weighted by Crippen LogP contribution is 2.13. The van der Waals surface area contributed by atoms with Crippen molar-refractivity contribution in [2.75, 3.05) is 26.0 Å². The minimum atomic E-state index is -0.405. The molecule has 0 aromatic heterocycles. The molecule has 27 heavy (non-hydrogen) atoms. The van der Waals surface area contributed by atoms with Crippen LogP contribution in [0.5, 0.6) is 0 Å². The lowest BCUT2D eigenvalue weighted by Gasteiger charge is -2.11. The Labute approximate surface area is 159 Å². The number of anilines is 1. The lowest BCUT2D eigenvalue weighted by atomic mass is 10.1. The van der Waals surface area contributed by atoms with Crippen molar-refractivity contribution < 1.29 is 19.1 Å². The number of benzene rings is 2. The summed E-state index contributed by atoms with van der Waals surface area (Å²) in [5, 5.41) is 2.70. The predicted molar refractivity (Wildman–Crippen MR) is 103 cm³/mol. The largest absolute Gasteiger partial charge is 0.465 e. The van der Waals surface area contributed by atoms with Gasteiger partial charge >= 0.3 is 5.97 Å². The average Bonchev–Trinajstić information content (AvgIpc) is 2.67. The van der Waals surface area contributed by atoms with Gasteiger partial charge in [0.15, 0.2) is 0 Å². The van der Waals surface area contributed by atoms with Crippen LogP contribution in [0.3, 0.4) is 0 Å². The van der Waals surface area contributed by atoms with Gasteiger partial charge in [0.25, 0.3) is 5.91 Å². The lowest BCUT2D eigenvalue weighted by molar-refractivity contribution is -0.144. The maximum atomic E-state index is 12.0. The van der Waals surface area contributed by atoms with Gasteiger partial charge < -0.3 is 15.0 Å². The van der Waals surface area contributed by atoms with Crippen LogP contribution >= 0.6 is 0 Å². The number of carbonyl (C=O) groups is 3. The SMILES string of the molecule is CN(C)C(=O)c1cccc(NC(=O)CCC(=O)OCCc2ccccc2)c1. The summed E-state index contributed by atoms with van der Waals surface area (Å²) in [6.45, 7) is 0.291. The van der Waals surface area contributed by atoms with Crippen molar-refractivity contribution in [2.45, 2.75) is 19.3 Å². The Hall–Kier alpha value is -3.15. The number of nitrogens with zero attached hydrogens (tertiary/aromatic N) is 1. The Morgan fingerprint density at radius 2 is 1.70 bits per heavy atom. The van der Waals surface area contributed by atoms with Crippen molar-refractivity contribution in [1.29, 1.82) is 0 Å². The van der Waals surface area contributed by atoms with Gasteiger partial charge in [0, 0.05) is 38.2 Å². The zero-order chi connectivity index (χ0) is 19.6. The standard InChI is InChI=1S/C21H24N2O4/c1-23(2)21(26)17-9-6-10-18(15-17)22-19(24)11-12-20(25)27-14-13-16-7-4-3-5-8-16/h3-10,15H,11-14H2,1-2H3,(H,22,24). The molecule has 0 aliphatic heterocycles. The van der Waals surface area contributed by atoms with E-state index >= 15 is 0 Å². The van der Waals surface area contributed by atoms with Crippen molar-refractivity contribution in [3.05, 3.63) is 65.7 Å².